The van der Waals surface area contributed by atoms with E-state index in [2.05, 4.69) is 5.32 Å². The molecule has 20 heavy (non-hydrogen) atoms. The number of nitrogens with one attached hydrogen (secondary N) is 1. The van der Waals surface area contributed by atoms with Crippen molar-refractivity contribution in [2.75, 3.05) is 5.32 Å². The summed E-state index contributed by atoms with van der Waals surface area (Å²) >= 11 is 0. The van der Waals surface area contributed by atoms with Crippen molar-refractivity contribution in [3.8, 4) is 11.1 Å². The van der Waals surface area contributed by atoms with Crippen LogP contribution in [-0.4, -0.2) is 17.0 Å². The number of carboxylic acids is 1. The second-order valence-corrected chi connectivity index (χ2v) is 4.60. The summed E-state index contributed by atoms with van der Waals surface area (Å²) in [7, 11) is 0. The van der Waals surface area contributed by atoms with Crippen LogP contribution in [0.3, 0.4) is 0 Å². The molecule has 0 aliphatic heterocycles. The van der Waals surface area contributed by atoms with Crippen LogP contribution in [0.1, 0.15) is 22.8 Å². The van der Waals surface area contributed by atoms with Gasteiger partial charge >= 0.3 is 5.97 Å². The first kappa shape index (κ1) is 13.8. The van der Waals surface area contributed by atoms with Gasteiger partial charge in [-0.3, -0.25) is 4.79 Å². The zero-order valence-corrected chi connectivity index (χ0v) is 11.3. The minimum absolute atomic E-state index is 0.125. The lowest BCUT2D eigenvalue weighted by molar-refractivity contribution is -0.114. The number of aromatic carboxylic acids is 1. The van der Waals surface area contributed by atoms with Gasteiger partial charge in [0.05, 0.1) is 5.56 Å². The molecule has 2 N–H and O–H groups in total. The zero-order chi connectivity index (χ0) is 14.7. The third-order valence-corrected chi connectivity index (χ3v) is 2.97. The van der Waals surface area contributed by atoms with Crippen LogP contribution < -0.4 is 5.32 Å². The molecule has 2 rings (SSSR count). The average Bonchev–Trinajstić information content (AvgIpc) is 2.38. The average molecular weight is 269 g/mol. The van der Waals surface area contributed by atoms with Crippen LogP contribution in [0.25, 0.3) is 11.1 Å². The summed E-state index contributed by atoms with van der Waals surface area (Å²) in [5, 5.41) is 11.7. The Kier molecular flexibility index (Phi) is 3.84. The molecular weight excluding hydrogens is 254 g/mol. The number of benzene rings is 2. The monoisotopic (exact) mass is 269 g/mol. The minimum atomic E-state index is -0.938. The van der Waals surface area contributed by atoms with Crippen LogP contribution in [0.5, 0.6) is 0 Å². The molecule has 1 amide bonds. The topological polar surface area (TPSA) is 66.4 Å². The summed E-state index contributed by atoms with van der Waals surface area (Å²) in [6, 6.07) is 12.5. The molecule has 4 heteroatoms. The van der Waals surface area contributed by atoms with Crippen molar-refractivity contribution in [2.45, 2.75) is 13.8 Å². The molecule has 0 atom stereocenters. The Labute approximate surface area is 117 Å². The van der Waals surface area contributed by atoms with E-state index < -0.39 is 5.97 Å². The molecule has 0 heterocycles. The Morgan fingerprint density at radius 2 is 1.85 bits per heavy atom. The number of rotatable bonds is 3. The number of carbonyl (C=O) groups is 2. The molecule has 0 aliphatic carbocycles. The second kappa shape index (κ2) is 5.57. The van der Waals surface area contributed by atoms with Gasteiger partial charge in [-0.1, -0.05) is 18.2 Å². The quantitative estimate of drug-likeness (QED) is 0.898. The molecule has 2 aromatic rings. The van der Waals surface area contributed by atoms with Gasteiger partial charge < -0.3 is 10.4 Å². The molecule has 2 aromatic carbocycles. The first-order valence-corrected chi connectivity index (χ1v) is 6.19. The fourth-order valence-electron chi connectivity index (χ4n) is 2.09. The predicted molar refractivity (Wildman–Crippen MR) is 77.9 cm³/mol. The van der Waals surface area contributed by atoms with Crippen molar-refractivity contribution in [1.82, 2.24) is 0 Å². The SMILES string of the molecule is CC(=O)Nc1cccc(-c2ccc(C(=O)O)cc2C)c1. The maximum Gasteiger partial charge on any atom is 0.335 e. The Morgan fingerprint density at radius 1 is 1.10 bits per heavy atom. The predicted octanol–water partition coefficient (Wildman–Crippen LogP) is 3.32. The summed E-state index contributed by atoms with van der Waals surface area (Å²) in [5.41, 5.74) is 3.75. The molecule has 0 bridgehead atoms. The summed E-state index contributed by atoms with van der Waals surface area (Å²) in [5.74, 6) is -1.06. The molecule has 0 aliphatic rings. The van der Waals surface area contributed by atoms with E-state index in [9.17, 15) is 9.59 Å². The number of aryl methyl sites for hydroxylation is 1. The van der Waals surface area contributed by atoms with Gasteiger partial charge in [-0.2, -0.15) is 0 Å². The van der Waals surface area contributed by atoms with Gasteiger partial charge in [0.2, 0.25) is 5.91 Å². The Balaban J connectivity index is 2.41. The molecule has 0 saturated heterocycles. The molecule has 4 nitrogen and oxygen atoms in total. The lowest BCUT2D eigenvalue weighted by Gasteiger charge is -2.09. The normalized spacial score (nSPS) is 10.1. The summed E-state index contributed by atoms with van der Waals surface area (Å²) in [6.45, 7) is 3.33. The van der Waals surface area contributed by atoms with Crippen molar-refractivity contribution in [3.63, 3.8) is 0 Å². The van der Waals surface area contributed by atoms with E-state index in [1.54, 1.807) is 18.2 Å². The lowest BCUT2D eigenvalue weighted by Crippen LogP contribution is -2.05. The summed E-state index contributed by atoms with van der Waals surface area (Å²) < 4.78 is 0. The van der Waals surface area contributed by atoms with Gasteiger partial charge in [-0.05, 0) is 47.9 Å². The number of carboxylic acid groups (broad SMARTS) is 1. The first-order chi connectivity index (χ1) is 9.47. The highest BCUT2D eigenvalue weighted by Gasteiger charge is 2.08. The number of carbonyl (C=O) groups excluding carboxylic acids is 1. The molecule has 0 spiro atoms. The highest BCUT2D eigenvalue weighted by Crippen LogP contribution is 2.26. The molecule has 0 unspecified atom stereocenters. The van der Waals surface area contributed by atoms with Crippen molar-refractivity contribution < 1.29 is 14.7 Å². The minimum Gasteiger partial charge on any atom is -0.478 e. The molecule has 0 saturated carbocycles. The summed E-state index contributed by atoms with van der Waals surface area (Å²) in [4.78, 5) is 22.0. The van der Waals surface area contributed by atoms with E-state index in [-0.39, 0.29) is 11.5 Å². The van der Waals surface area contributed by atoms with Gasteiger partial charge in [0.15, 0.2) is 0 Å². The standard InChI is InChI=1S/C16H15NO3/c1-10-8-13(16(19)20)6-7-15(10)12-4-3-5-14(9-12)17-11(2)18/h3-9H,1-2H3,(H,17,18)(H,19,20). The van der Waals surface area contributed by atoms with E-state index in [1.165, 1.54) is 6.92 Å². The Morgan fingerprint density at radius 3 is 2.45 bits per heavy atom. The van der Waals surface area contributed by atoms with Crippen molar-refractivity contribution in [3.05, 3.63) is 53.6 Å². The van der Waals surface area contributed by atoms with Gasteiger partial charge in [0, 0.05) is 12.6 Å². The van der Waals surface area contributed by atoms with Crippen LogP contribution in [0.15, 0.2) is 42.5 Å². The molecular formula is C16H15NO3. The Bertz CT molecular complexity index is 677. The number of amides is 1. The third kappa shape index (κ3) is 3.03. The summed E-state index contributed by atoms with van der Waals surface area (Å²) in [6.07, 6.45) is 0. The highest BCUT2D eigenvalue weighted by atomic mass is 16.4. The molecule has 0 fully saturated rings. The van der Waals surface area contributed by atoms with Crippen LogP contribution >= 0.6 is 0 Å². The van der Waals surface area contributed by atoms with E-state index in [0.29, 0.717) is 0 Å². The number of anilines is 1. The van der Waals surface area contributed by atoms with E-state index >= 15 is 0 Å². The second-order valence-electron chi connectivity index (χ2n) is 4.60. The van der Waals surface area contributed by atoms with Crippen LogP contribution in [-0.2, 0) is 4.79 Å². The van der Waals surface area contributed by atoms with Crippen molar-refractivity contribution in [2.24, 2.45) is 0 Å². The number of hydrogen-bond acceptors (Lipinski definition) is 2. The third-order valence-electron chi connectivity index (χ3n) is 2.97. The fourth-order valence-corrected chi connectivity index (χ4v) is 2.09. The van der Waals surface area contributed by atoms with Crippen molar-refractivity contribution in [1.29, 1.82) is 0 Å². The Hall–Kier alpha value is -2.62. The lowest BCUT2D eigenvalue weighted by atomic mass is 9.98. The van der Waals surface area contributed by atoms with E-state index in [4.69, 9.17) is 5.11 Å². The molecule has 0 radical (unpaired) electrons. The van der Waals surface area contributed by atoms with Gasteiger partial charge in [0.25, 0.3) is 0 Å². The van der Waals surface area contributed by atoms with Gasteiger partial charge in [-0.25, -0.2) is 4.79 Å². The molecule has 0 aromatic heterocycles. The largest absolute Gasteiger partial charge is 0.478 e. The maximum absolute atomic E-state index is 11.1. The number of hydrogen-bond donors (Lipinski definition) is 2. The van der Waals surface area contributed by atoms with E-state index in [0.717, 1.165) is 22.4 Å². The highest BCUT2D eigenvalue weighted by molar-refractivity contribution is 5.91. The van der Waals surface area contributed by atoms with E-state index in [1.807, 2.05) is 31.2 Å². The first-order valence-electron chi connectivity index (χ1n) is 6.19. The smallest absolute Gasteiger partial charge is 0.335 e. The zero-order valence-electron chi connectivity index (χ0n) is 11.3. The van der Waals surface area contributed by atoms with Crippen LogP contribution in [0, 0.1) is 6.92 Å². The van der Waals surface area contributed by atoms with Gasteiger partial charge in [-0.15, -0.1) is 0 Å². The van der Waals surface area contributed by atoms with Gasteiger partial charge in [0.1, 0.15) is 0 Å². The maximum atomic E-state index is 11.1. The van der Waals surface area contributed by atoms with Crippen LogP contribution in [0.4, 0.5) is 5.69 Å². The van der Waals surface area contributed by atoms with Crippen molar-refractivity contribution >= 4 is 17.6 Å². The molecule has 102 valence electrons. The fraction of sp³-hybridized carbons (Fsp3) is 0.125. The van der Waals surface area contributed by atoms with Crippen LogP contribution in [0.2, 0.25) is 0 Å².